The fourth-order valence-corrected chi connectivity index (χ4v) is 5.43. The zero-order chi connectivity index (χ0) is 26.1. The number of benzene rings is 1. The lowest BCUT2D eigenvalue weighted by atomic mass is 10.1. The Morgan fingerprint density at radius 2 is 1.74 bits per heavy atom. The van der Waals surface area contributed by atoms with Crippen LogP contribution in [-0.4, -0.2) is 71.6 Å². The van der Waals surface area contributed by atoms with Gasteiger partial charge in [0.15, 0.2) is 5.82 Å². The highest BCUT2D eigenvalue weighted by Crippen LogP contribution is 2.35. The Hall–Kier alpha value is -3.76. The van der Waals surface area contributed by atoms with Crippen LogP contribution in [0.4, 0.5) is 27.8 Å². The number of ether oxygens (including phenoxy) is 2. The van der Waals surface area contributed by atoms with Crippen LogP contribution in [-0.2, 0) is 9.47 Å². The van der Waals surface area contributed by atoms with Crippen molar-refractivity contribution in [2.75, 3.05) is 46.7 Å². The van der Waals surface area contributed by atoms with Crippen LogP contribution >= 0.6 is 0 Å². The number of rotatable bonds is 6. The Labute approximate surface area is 222 Å². The van der Waals surface area contributed by atoms with E-state index in [0.717, 1.165) is 56.3 Å². The number of carbonyl (C=O) groups is 1. The van der Waals surface area contributed by atoms with Gasteiger partial charge in [0, 0.05) is 55.0 Å². The van der Waals surface area contributed by atoms with Crippen molar-refractivity contribution in [2.24, 2.45) is 0 Å². The first-order valence-electron chi connectivity index (χ1n) is 13.3. The van der Waals surface area contributed by atoms with Crippen molar-refractivity contribution in [2.45, 2.75) is 51.0 Å². The van der Waals surface area contributed by atoms with Crippen molar-refractivity contribution < 1.29 is 14.3 Å². The van der Waals surface area contributed by atoms with Gasteiger partial charge in [0.2, 0.25) is 0 Å². The van der Waals surface area contributed by atoms with Gasteiger partial charge < -0.3 is 29.9 Å². The Morgan fingerprint density at radius 3 is 2.42 bits per heavy atom. The molecule has 198 valence electrons. The Balaban J connectivity index is 1.25. The van der Waals surface area contributed by atoms with E-state index in [0.29, 0.717) is 23.2 Å². The number of hydrogen-bond acceptors (Lipinski definition) is 8. The molecule has 6 rings (SSSR count). The molecule has 5 heterocycles. The van der Waals surface area contributed by atoms with Crippen molar-refractivity contribution in [3.8, 4) is 11.4 Å². The maximum atomic E-state index is 12.4. The van der Waals surface area contributed by atoms with Gasteiger partial charge in [-0.1, -0.05) is 6.92 Å². The number of nitrogens with zero attached hydrogens (tertiary/aromatic N) is 5. The van der Waals surface area contributed by atoms with Gasteiger partial charge in [-0.05, 0) is 56.2 Å². The molecule has 38 heavy (non-hydrogen) atoms. The van der Waals surface area contributed by atoms with E-state index in [2.05, 4.69) is 45.3 Å². The van der Waals surface area contributed by atoms with Crippen LogP contribution in [0.3, 0.4) is 0 Å². The molecular formula is C28H33N7O3. The summed E-state index contributed by atoms with van der Waals surface area (Å²) >= 11 is 0. The molecule has 2 bridgehead atoms. The Bertz CT molecular complexity index is 1270. The summed E-state index contributed by atoms with van der Waals surface area (Å²) in [5.74, 6) is 2.52. The number of hydrogen-bond donors (Lipinski definition) is 2. The van der Waals surface area contributed by atoms with E-state index in [9.17, 15) is 4.79 Å². The van der Waals surface area contributed by atoms with Crippen LogP contribution in [0.15, 0.2) is 54.9 Å². The Kier molecular flexibility index (Phi) is 6.82. The predicted octanol–water partition coefficient (Wildman–Crippen LogP) is 4.16. The Morgan fingerprint density at radius 1 is 1.00 bits per heavy atom. The maximum Gasteiger partial charge on any atom is 0.323 e. The number of pyridine rings is 1. The molecule has 0 saturated carbocycles. The zero-order valence-electron chi connectivity index (χ0n) is 21.7. The molecule has 3 fully saturated rings. The molecule has 0 spiro atoms. The summed E-state index contributed by atoms with van der Waals surface area (Å²) in [7, 11) is 0. The third kappa shape index (κ3) is 5.27. The summed E-state index contributed by atoms with van der Waals surface area (Å²) in [6.07, 6.45) is 5.86. The van der Waals surface area contributed by atoms with Crippen LogP contribution in [0.1, 0.15) is 26.7 Å². The van der Waals surface area contributed by atoms with Crippen LogP contribution < -0.4 is 20.4 Å². The first-order chi connectivity index (χ1) is 18.5. The molecule has 3 aliphatic rings. The lowest BCUT2D eigenvalue weighted by Gasteiger charge is -2.38. The minimum atomic E-state index is -0.317. The third-order valence-electron chi connectivity index (χ3n) is 7.34. The lowest BCUT2D eigenvalue weighted by Crippen LogP contribution is -2.47. The van der Waals surface area contributed by atoms with E-state index in [4.69, 9.17) is 19.4 Å². The van der Waals surface area contributed by atoms with E-state index >= 15 is 0 Å². The molecule has 10 heteroatoms. The molecule has 0 aliphatic carbocycles. The van der Waals surface area contributed by atoms with E-state index in [-0.39, 0.29) is 24.3 Å². The zero-order valence-corrected chi connectivity index (χ0v) is 21.7. The number of carbonyl (C=O) groups excluding carboxylic acids is 1. The fourth-order valence-electron chi connectivity index (χ4n) is 5.43. The quantitative estimate of drug-likeness (QED) is 0.504. The normalized spacial score (nSPS) is 24.5. The molecule has 10 nitrogen and oxygen atoms in total. The average Bonchev–Trinajstić information content (AvgIpc) is 3.58. The summed E-state index contributed by atoms with van der Waals surface area (Å²) in [6, 6.07) is 13.3. The second kappa shape index (κ2) is 10.5. The average molecular weight is 516 g/mol. The van der Waals surface area contributed by atoms with Crippen LogP contribution in [0.2, 0.25) is 0 Å². The van der Waals surface area contributed by atoms with Gasteiger partial charge in [0.05, 0.1) is 31.0 Å². The number of anilines is 4. The number of nitrogens with one attached hydrogen (secondary N) is 2. The van der Waals surface area contributed by atoms with Gasteiger partial charge >= 0.3 is 6.03 Å². The van der Waals surface area contributed by atoms with Crippen LogP contribution in [0, 0.1) is 0 Å². The monoisotopic (exact) mass is 515 g/mol. The SMILES string of the molecule is CCC1CN(c2cc(N3C[C@@H]4C[C@H]3CO4)nc(-c3ccc(NC(=O)Nc4ccncc4)cc3)n2)CC(C)O1. The number of aromatic nitrogens is 3. The number of fused-ring (bicyclic) bond motifs is 2. The summed E-state index contributed by atoms with van der Waals surface area (Å²) in [5, 5.41) is 5.67. The highest BCUT2D eigenvalue weighted by molar-refractivity contribution is 5.99. The highest BCUT2D eigenvalue weighted by atomic mass is 16.5. The smallest absolute Gasteiger partial charge is 0.323 e. The minimum absolute atomic E-state index is 0.135. The van der Waals surface area contributed by atoms with Crippen LogP contribution in [0.25, 0.3) is 11.4 Å². The van der Waals surface area contributed by atoms with Gasteiger partial charge in [-0.2, -0.15) is 0 Å². The molecule has 3 aromatic rings. The predicted molar refractivity (Wildman–Crippen MR) is 147 cm³/mol. The molecular weight excluding hydrogens is 482 g/mol. The molecule has 2 amide bonds. The molecule has 4 atom stereocenters. The van der Waals surface area contributed by atoms with Gasteiger partial charge in [-0.25, -0.2) is 14.8 Å². The number of morpholine rings is 2. The number of urea groups is 1. The van der Waals surface area contributed by atoms with E-state index < -0.39 is 0 Å². The van der Waals surface area contributed by atoms with E-state index in [1.54, 1.807) is 24.5 Å². The molecule has 2 unspecified atom stereocenters. The molecule has 2 N–H and O–H groups in total. The summed E-state index contributed by atoms with van der Waals surface area (Å²) in [5.41, 5.74) is 2.25. The van der Waals surface area contributed by atoms with Crippen molar-refractivity contribution in [3.05, 3.63) is 54.9 Å². The van der Waals surface area contributed by atoms with Crippen molar-refractivity contribution in [1.82, 2.24) is 15.0 Å². The van der Waals surface area contributed by atoms with Gasteiger partial charge in [0.1, 0.15) is 11.6 Å². The summed E-state index contributed by atoms with van der Waals surface area (Å²) in [4.78, 5) is 31.0. The van der Waals surface area contributed by atoms with E-state index in [1.165, 1.54) is 0 Å². The first kappa shape index (κ1) is 24.6. The summed E-state index contributed by atoms with van der Waals surface area (Å²) in [6.45, 7) is 7.47. The molecule has 0 radical (unpaired) electrons. The van der Waals surface area contributed by atoms with Crippen molar-refractivity contribution in [3.63, 3.8) is 0 Å². The molecule has 2 aromatic heterocycles. The standard InChI is InChI=1S/C28H33N7O3/c1-3-23-15-34(14-18(2)38-23)25-13-26(35-16-24-12-22(35)17-37-24)33-27(32-25)19-4-6-20(7-5-19)30-28(36)31-21-8-10-29-11-9-21/h4-11,13,18,22-24H,3,12,14-17H2,1-2H3,(H2,29,30,31,36)/t18?,22-,23?,24-/m0/s1. The number of amides is 2. The highest BCUT2D eigenvalue weighted by Gasteiger charge is 2.40. The maximum absolute atomic E-state index is 12.4. The second-order valence-electron chi connectivity index (χ2n) is 10.2. The lowest BCUT2D eigenvalue weighted by molar-refractivity contribution is -0.0174. The minimum Gasteiger partial charge on any atom is -0.374 e. The topological polar surface area (TPSA) is 105 Å². The van der Waals surface area contributed by atoms with Gasteiger partial charge in [0.25, 0.3) is 0 Å². The van der Waals surface area contributed by atoms with Gasteiger partial charge in [-0.3, -0.25) is 4.98 Å². The fraction of sp³-hybridized carbons (Fsp3) is 0.429. The second-order valence-corrected chi connectivity index (χ2v) is 10.2. The summed E-state index contributed by atoms with van der Waals surface area (Å²) < 4.78 is 11.9. The molecule has 1 aromatic carbocycles. The van der Waals surface area contributed by atoms with Gasteiger partial charge in [-0.15, -0.1) is 0 Å². The largest absolute Gasteiger partial charge is 0.374 e. The molecule has 3 aliphatic heterocycles. The molecule has 3 saturated heterocycles. The van der Waals surface area contributed by atoms with Crippen LogP contribution in [0.5, 0.6) is 0 Å². The van der Waals surface area contributed by atoms with Crippen molar-refractivity contribution in [1.29, 1.82) is 0 Å². The third-order valence-corrected chi connectivity index (χ3v) is 7.34. The first-order valence-corrected chi connectivity index (χ1v) is 13.3. The van der Waals surface area contributed by atoms with Crippen molar-refractivity contribution >= 4 is 29.0 Å². The van der Waals surface area contributed by atoms with E-state index in [1.807, 2.05) is 24.3 Å².